The number of amides is 2. The minimum absolute atomic E-state index is 0.0868. The molecule has 0 aliphatic rings. The van der Waals surface area contributed by atoms with Crippen molar-refractivity contribution in [3.05, 3.63) is 65.7 Å². The molecule has 2 aromatic rings. The van der Waals surface area contributed by atoms with E-state index in [0.29, 0.717) is 12.2 Å². The fraction of sp³-hybridized carbons (Fsp3) is 0.375. The van der Waals surface area contributed by atoms with E-state index in [-0.39, 0.29) is 19.1 Å². The van der Waals surface area contributed by atoms with Crippen LogP contribution in [0.3, 0.4) is 0 Å². The van der Waals surface area contributed by atoms with Crippen molar-refractivity contribution in [3.63, 3.8) is 0 Å². The molecule has 33 heavy (non-hydrogen) atoms. The van der Waals surface area contributed by atoms with Gasteiger partial charge in [-0.1, -0.05) is 56.3 Å². The van der Waals surface area contributed by atoms with Gasteiger partial charge in [-0.15, -0.1) is 0 Å². The van der Waals surface area contributed by atoms with Gasteiger partial charge in [0.15, 0.2) is 0 Å². The molecule has 0 radical (unpaired) electrons. The van der Waals surface area contributed by atoms with Crippen molar-refractivity contribution in [1.82, 2.24) is 16.1 Å². The number of rotatable bonds is 13. The van der Waals surface area contributed by atoms with Gasteiger partial charge < -0.3 is 20.5 Å². The third kappa shape index (κ3) is 8.91. The lowest BCUT2D eigenvalue weighted by Gasteiger charge is -2.22. The lowest BCUT2D eigenvalue weighted by Crippen LogP contribution is -2.56. The maximum Gasteiger partial charge on any atom is 0.336 e. The van der Waals surface area contributed by atoms with Gasteiger partial charge in [-0.2, -0.15) is 5.48 Å². The second-order valence-corrected chi connectivity index (χ2v) is 7.92. The van der Waals surface area contributed by atoms with Gasteiger partial charge in [-0.3, -0.25) is 14.4 Å². The number of aliphatic carboxylic acids is 1. The van der Waals surface area contributed by atoms with E-state index in [2.05, 4.69) is 16.1 Å². The van der Waals surface area contributed by atoms with Crippen LogP contribution in [0.15, 0.2) is 54.6 Å². The van der Waals surface area contributed by atoms with E-state index >= 15 is 0 Å². The van der Waals surface area contributed by atoms with Crippen LogP contribution in [0.1, 0.15) is 31.4 Å². The first-order valence-electron chi connectivity index (χ1n) is 10.6. The first kappa shape index (κ1) is 25.8. The fourth-order valence-corrected chi connectivity index (χ4v) is 3.04. The van der Waals surface area contributed by atoms with Gasteiger partial charge in [0.25, 0.3) is 5.91 Å². The Kier molecular flexibility index (Phi) is 10.3. The smallest absolute Gasteiger partial charge is 0.336 e. The number of nitrogens with one attached hydrogen (secondary N) is 3. The molecule has 0 saturated carbocycles. The Balaban J connectivity index is 1.96. The largest absolute Gasteiger partial charge is 0.497 e. The molecule has 4 N–H and O–H groups in total. The Morgan fingerprint density at radius 2 is 1.67 bits per heavy atom. The van der Waals surface area contributed by atoms with Crippen molar-refractivity contribution in [2.45, 2.75) is 45.5 Å². The van der Waals surface area contributed by atoms with Gasteiger partial charge in [-0.25, -0.2) is 4.79 Å². The van der Waals surface area contributed by atoms with Crippen LogP contribution in [-0.4, -0.2) is 42.1 Å². The molecule has 0 heterocycles. The molecule has 0 aliphatic carbocycles. The highest BCUT2D eigenvalue weighted by Crippen LogP contribution is 2.12. The summed E-state index contributed by atoms with van der Waals surface area (Å²) in [7, 11) is 1.53. The first-order chi connectivity index (χ1) is 15.8. The summed E-state index contributed by atoms with van der Waals surface area (Å²) in [5, 5.41) is 14.4. The summed E-state index contributed by atoms with van der Waals surface area (Å²) in [6, 6.07) is 13.8. The first-order valence-corrected chi connectivity index (χ1v) is 10.6. The summed E-state index contributed by atoms with van der Waals surface area (Å²) >= 11 is 0. The average Bonchev–Trinajstić information content (AvgIpc) is 2.80. The second kappa shape index (κ2) is 13.2. The van der Waals surface area contributed by atoms with Crippen molar-refractivity contribution in [2.75, 3.05) is 7.11 Å². The van der Waals surface area contributed by atoms with Crippen LogP contribution in [0, 0.1) is 5.92 Å². The third-order valence-electron chi connectivity index (χ3n) is 4.73. The zero-order chi connectivity index (χ0) is 24.2. The maximum atomic E-state index is 12.8. The number of methoxy groups -OCH3 is 1. The zero-order valence-electron chi connectivity index (χ0n) is 19.0. The molecule has 2 atom stereocenters. The molecule has 2 rings (SSSR count). The van der Waals surface area contributed by atoms with Crippen molar-refractivity contribution in [3.8, 4) is 5.75 Å². The number of carboxylic acids is 1. The molecule has 0 bridgehead atoms. The molecule has 0 spiro atoms. The molecule has 9 heteroatoms. The minimum Gasteiger partial charge on any atom is -0.497 e. The predicted molar refractivity (Wildman–Crippen MR) is 122 cm³/mol. The van der Waals surface area contributed by atoms with Gasteiger partial charge in [0.1, 0.15) is 11.8 Å². The fourth-order valence-electron chi connectivity index (χ4n) is 3.04. The Morgan fingerprint density at radius 1 is 0.970 bits per heavy atom. The summed E-state index contributed by atoms with van der Waals surface area (Å²) in [5.41, 5.74) is 4.34. The Hall–Kier alpha value is -3.43. The third-order valence-corrected chi connectivity index (χ3v) is 4.73. The van der Waals surface area contributed by atoms with Gasteiger partial charge >= 0.3 is 5.97 Å². The van der Waals surface area contributed by atoms with Crippen molar-refractivity contribution < 1.29 is 29.1 Å². The van der Waals surface area contributed by atoms with Crippen LogP contribution < -0.4 is 20.9 Å². The van der Waals surface area contributed by atoms with E-state index in [1.165, 1.54) is 7.11 Å². The normalized spacial score (nSPS) is 12.6. The van der Waals surface area contributed by atoms with E-state index in [0.717, 1.165) is 11.1 Å². The van der Waals surface area contributed by atoms with Crippen molar-refractivity contribution in [1.29, 1.82) is 0 Å². The van der Waals surface area contributed by atoms with E-state index in [1.54, 1.807) is 24.3 Å². The number of hydrogen-bond acceptors (Lipinski definition) is 6. The molecule has 2 aromatic carbocycles. The number of carboxylic acid groups (broad SMARTS) is 1. The van der Waals surface area contributed by atoms with Gasteiger partial charge in [0.05, 0.1) is 13.7 Å². The Bertz CT molecular complexity index is 919. The van der Waals surface area contributed by atoms with Crippen LogP contribution in [0.4, 0.5) is 0 Å². The number of benzene rings is 2. The highest BCUT2D eigenvalue weighted by atomic mass is 16.6. The van der Waals surface area contributed by atoms with E-state index in [9.17, 15) is 19.5 Å². The molecule has 0 aromatic heterocycles. The molecule has 0 saturated heterocycles. The Labute approximate surface area is 193 Å². The number of carbonyl (C=O) groups is 3. The average molecular weight is 458 g/mol. The van der Waals surface area contributed by atoms with E-state index in [4.69, 9.17) is 9.57 Å². The lowest BCUT2D eigenvalue weighted by molar-refractivity contribution is -0.147. The van der Waals surface area contributed by atoms with Gasteiger partial charge in [-0.05, 0) is 35.6 Å². The maximum absolute atomic E-state index is 12.8. The molecule has 2 amide bonds. The van der Waals surface area contributed by atoms with Gasteiger partial charge in [0.2, 0.25) is 11.9 Å². The highest BCUT2D eigenvalue weighted by molar-refractivity contribution is 6.04. The lowest BCUT2D eigenvalue weighted by atomic mass is 10.0. The highest BCUT2D eigenvalue weighted by Gasteiger charge is 2.31. The monoisotopic (exact) mass is 457 g/mol. The standard InChI is InChI=1S/C24H31N3O6/c1-16(2)12-20(27-33-15-17-8-5-4-6-9-17)22(28)26-21(24(30)31)23(29)25-14-18-10-7-11-19(13-18)32-3/h4-11,13,16,20-21,27H,12,14-15H2,1-3H3,(H,25,29)(H,26,28)(H,30,31). The number of ether oxygens (including phenoxy) is 1. The van der Waals surface area contributed by atoms with Crippen molar-refractivity contribution in [2.24, 2.45) is 5.92 Å². The van der Waals surface area contributed by atoms with Crippen LogP contribution in [-0.2, 0) is 32.4 Å². The van der Waals surface area contributed by atoms with Crippen molar-refractivity contribution >= 4 is 17.8 Å². The topological polar surface area (TPSA) is 126 Å². The Morgan fingerprint density at radius 3 is 2.30 bits per heavy atom. The quantitative estimate of drug-likeness (QED) is 0.268. The van der Waals surface area contributed by atoms with E-state index < -0.39 is 29.9 Å². The molecule has 178 valence electrons. The van der Waals surface area contributed by atoms with Crippen LogP contribution in [0.2, 0.25) is 0 Å². The minimum atomic E-state index is -1.74. The van der Waals surface area contributed by atoms with Gasteiger partial charge in [0, 0.05) is 6.54 Å². The molecular formula is C24H31N3O6. The predicted octanol–water partition coefficient (Wildman–Crippen LogP) is 2.02. The molecule has 2 unspecified atom stereocenters. The van der Waals surface area contributed by atoms with Crippen LogP contribution >= 0.6 is 0 Å². The molecular weight excluding hydrogens is 426 g/mol. The summed E-state index contributed by atoms with van der Waals surface area (Å²) in [4.78, 5) is 42.4. The number of carbonyl (C=O) groups excluding carboxylic acids is 2. The number of hydrogen-bond donors (Lipinski definition) is 4. The summed E-state index contributed by atoms with van der Waals surface area (Å²) < 4.78 is 5.14. The molecule has 0 fully saturated rings. The number of hydroxylamine groups is 1. The molecule has 9 nitrogen and oxygen atoms in total. The second-order valence-electron chi connectivity index (χ2n) is 7.92. The summed E-state index contributed by atoms with van der Waals surface area (Å²) in [6.45, 7) is 4.17. The zero-order valence-corrected chi connectivity index (χ0v) is 19.0. The molecule has 0 aliphatic heterocycles. The van der Waals surface area contributed by atoms with Crippen LogP contribution in [0.25, 0.3) is 0 Å². The SMILES string of the molecule is COc1cccc(CNC(=O)C(NC(=O)C(CC(C)C)NOCc2ccccc2)C(=O)O)c1. The van der Waals surface area contributed by atoms with Crippen LogP contribution in [0.5, 0.6) is 5.75 Å². The summed E-state index contributed by atoms with van der Waals surface area (Å²) in [5.74, 6) is -2.19. The van der Waals surface area contributed by atoms with E-state index in [1.807, 2.05) is 44.2 Å². The summed E-state index contributed by atoms with van der Waals surface area (Å²) in [6.07, 6.45) is 0.387.